The number of unbranched alkanes of at least 4 members (excludes halogenated alkanes) is 20. The summed E-state index contributed by atoms with van der Waals surface area (Å²) in [5, 5.41) is 9.62. The van der Waals surface area contributed by atoms with E-state index in [1.54, 1.807) is 0 Å². The second-order valence-electron chi connectivity index (χ2n) is 16.3. The Morgan fingerprint density at radius 1 is 0.564 bits per heavy atom. The van der Waals surface area contributed by atoms with Crippen molar-refractivity contribution in [1.29, 1.82) is 0 Å². The number of carboxylic acids is 1. The standard InChI is InChI=1S/C47H85NO7/c1-6-8-10-12-14-16-18-20-22-23-24-26-27-29-31-33-35-37-45(49)54-42-43(41-53-40-39-44(47(51)52)48(3,4)5)55-46(50)38-36-34-32-30-28-25-21-19-17-15-13-11-9-7-2/h9,11,15,17,21,25,43-44H,6-8,10,12-14,16,18-20,22-24,26-42H2,1-5H3/p+1/b11-9+,17-15+,25-21+. The maximum atomic E-state index is 12.7. The Hall–Kier alpha value is -2.45. The van der Waals surface area contributed by atoms with E-state index in [9.17, 15) is 19.5 Å². The summed E-state index contributed by atoms with van der Waals surface area (Å²) in [5.74, 6) is -1.49. The number of esters is 2. The fourth-order valence-corrected chi connectivity index (χ4v) is 6.58. The number of carbonyl (C=O) groups is 3. The molecule has 0 aromatic rings. The lowest BCUT2D eigenvalue weighted by atomic mass is 10.0. The molecule has 0 spiro atoms. The summed E-state index contributed by atoms with van der Waals surface area (Å²) in [6.45, 7) is 4.61. The van der Waals surface area contributed by atoms with Crippen molar-refractivity contribution in [2.24, 2.45) is 0 Å². The summed E-state index contributed by atoms with van der Waals surface area (Å²) in [4.78, 5) is 37.0. The van der Waals surface area contributed by atoms with E-state index < -0.39 is 18.1 Å². The minimum atomic E-state index is -0.878. The zero-order valence-electron chi connectivity index (χ0n) is 36.4. The van der Waals surface area contributed by atoms with E-state index in [1.807, 2.05) is 21.1 Å². The minimum absolute atomic E-state index is 0.0542. The van der Waals surface area contributed by atoms with E-state index in [0.717, 1.165) is 70.6 Å². The third kappa shape index (κ3) is 36.9. The van der Waals surface area contributed by atoms with Gasteiger partial charge in [0.25, 0.3) is 0 Å². The maximum absolute atomic E-state index is 12.7. The fourth-order valence-electron chi connectivity index (χ4n) is 6.58. The molecule has 1 N–H and O–H groups in total. The second-order valence-corrected chi connectivity index (χ2v) is 16.3. The number of carbonyl (C=O) groups excluding carboxylic acids is 2. The van der Waals surface area contributed by atoms with Crippen LogP contribution >= 0.6 is 0 Å². The number of ether oxygens (including phenoxy) is 3. The van der Waals surface area contributed by atoms with Crippen LogP contribution in [0.15, 0.2) is 36.5 Å². The highest BCUT2D eigenvalue weighted by Gasteiger charge is 2.31. The first-order valence-electron chi connectivity index (χ1n) is 22.5. The molecule has 0 aliphatic carbocycles. The van der Waals surface area contributed by atoms with Gasteiger partial charge >= 0.3 is 17.9 Å². The van der Waals surface area contributed by atoms with Gasteiger partial charge in [-0.2, -0.15) is 0 Å². The van der Waals surface area contributed by atoms with Gasteiger partial charge < -0.3 is 23.8 Å². The summed E-state index contributed by atoms with van der Waals surface area (Å²) >= 11 is 0. The molecule has 8 heteroatoms. The van der Waals surface area contributed by atoms with Gasteiger partial charge in [-0.25, -0.2) is 4.79 Å². The van der Waals surface area contributed by atoms with E-state index in [1.165, 1.54) is 89.9 Å². The van der Waals surface area contributed by atoms with Crippen molar-refractivity contribution >= 4 is 17.9 Å². The fraction of sp³-hybridized carbons (Fsp3) is 0.809. The number of rotatable bonds is 40. The normalized spacial score (nSPS) is 13.3. The largest absolute Gasteiger partial charge is 0.477 e. The van der Waals surface area contributed by atoms with Crippen molar-refractivity contribution in [3.63, 3.8) is 0 Å². The summed E-state index contributed by atoms with van der Waals surface area (Å²) in [5.41, 5.74) is 0. The average molecular weight is 777 g/mol. The lowest BCUT2D eigenvalue weighted by Gasteiger charge is -2.31. The SMILES string of the molecule is CC/C=C/C/C=C/C/C=C/CCCCCCC(=O)OC(COCCC(C(=O)O)[N+](C)(C)C)COC(=O)CCCCCCCCCCCCCCCCCCC. The molecule has 0 saturated carbocycles. The quantitative estimate of drug-likeness (QED) is 0.0286. The smallest absolute Gasteiger partial charge is 0.362 e. The van der Waals surface area contributed by atoms with Crippen molar-refractivity contribution in [2.75, 3.05) is 41.0 Å². The number of hydrogen-bond donors (Lipinski definition) is 1. The first-order chi connectivity index (χ1) is 26.6. The van der Waals surface area contributed by atoms with Crippen molar-refractivity contribution in [3.8, 4) is 0 Å². The predicted octanol–water partition coefficient (Wildman–Crippen LogP) is 12.2. The number of nitrogens with zero attached hydrogens (tertiary/aromatic N) is 1. The van der Waals surface area contributed by atoms with Crippen LogP contribution in [0.4, 0.5) is 0 Å². The molecule has 320 valence electrons. The molecule has 0 bridgehead atoms. The molecule has 0 aliphatic rings. The maximum Gasteiger partial charge on any atom is 0.362 e. The molecule has 8 nitrogen and oxygen atoms in total. The predicted molar refractivity (Wildman–Crippen MR) is 229 cm³/mol. The molecular formula is C47H86NO7+. The first kappa shape index (κ1) is 52.6. The van der Waals surface area contributed by atoms with Crippen LogP contribution in [0.3, 0.4) is 0 Å². The average Bonchev–Trinajstić information content (AvgIpc) is 3.14. The van der Waals surface area contributed by atoms with Gasteiger partial charge in [0.15, 0.2) is 12.1 Å². The van der Waals surface area contributed by atoms with Crippen LogP contribution < -0.4 is 0 Å². The molecular weight excluding hydrogens is 691 g/mol. The summed E-state index contributed by atoms with van der Waals surface area (Å²) < 4.78 is 17.3. The number of hydrogen-bond acceptors (Lipinski definition) is 6. The molecule has 0 fully saturated rings. The van der Waals surface area contributed by atoms with Crippen LogP contribution in [0.1, 0.15) is 194 Å². The molecule has 0 aliphatic heterocycles. The van der Waals surface area contributed by atoms with E-state index in [0.29, 0.717) is 19.3 Å². The van der Waals surface area contributed by atoms with Crippen molar-refractivity contribution in [2.45, 2.75) is 206 Å². The van der Waals surface area contributed by atoms with Crippen LogP contribution in [0.5, 0.6) is 0 Å². The Kier molecular flexibility index (Phi) is 36.7. The third-order valence-electron chi connectivity index (χ3n) is 10.1. The van der Waals surface area contributed by atoms with Crippen molar-refractivity contribution in [3.05, 3.63) is 36.5 Å². The van der Waals surface area contributed by atoms with Crippen molar-refractivity contribution < 1.29 is 38.2 Å². The van der Waals surface area contributed by atoms with Crippen LogP contribution in [0.25, 0.3) is 0 Å². The van der Waals surface area contributed by atoms with Gasteiger partial charge in [-0.15, -0.1) is 0 Å². The molecule has 0 aromatic carbocycles. The Bertz CT molecular complexity index is 1000. The molecule has 0 aromatic heterocycles. The number of quaternary nitrogens is 1. The zero-order chi connectivity index (χ0) is 40.7. The Morgan fingerprint density at radius 2 is 1.02 bits per heavy atom. The van der Waals surface area contributed by atoms with Gasteiger partial charge in [0, 0.05) is 19.3 Å². The summed E-state index contributed by atoms with van der Waals surface area (Å²) in [6, 6.07) is -0.617. The molecule has 0 saturated heterocycles. The van der Waals surface area contributed by atoms with E-state index in [-0.39, 0.29) is 36.2 Å². The molecule has 2 unspecified atom stereocenters. The van der Waals surface area contributed by atoms with Gasteiger partial charge in [-0.05, 0) is 44.9 Å². The van der Waals surface area contributed by atoms with Gasteiger partial charge in [0.1, 0.15) is 6.61 Å². The van der Waals surface area contributed by atoms with E-state index in [4.69, 9.17) is 14.2 Å². The molecule has 55 heavy (non-hydrogen) atoms. The van der Waals surface area contributed by atoms with Gasteiger partial charge in [0.05, 0.1) is 34.4 Å². The van der Waals surface area contributed by atoms with E-state index in [2.05, 4.69) is 50.3 Å². The molecule has 2 atom stereocenters. The number of carboxylic acid groups (broad SMARTS) is 1. The Labute approximate surface area is 338 Å². The van der Waals surface area contributed by atoms with Crippen LogP contribution in [0.2, 0.25) is 0 Å². The van der Waals surface area contributed by atoms with Gasteiger partial charge in [-0.1, -0.05) is 166 Å². The molecule has 0 heterocycles. The number of allylic oxidation sites excluding steroid dienone is 6. The molecule has 0 rings (SSSR count). The van der Waals surface area contributed by atoms with Crippen LogP contribution in [-0.4, -0.2) is 80.6 Å². The highest BCUT2D eigenvalue weighted by atomic mass is 16.6. The zero-order valence-corrected chi connectivity index (χ0v) is 36.4. The Balaban J connectivity index is 4.32. The number of likely N-dealkylation sites (N-methyl/N-ethyl adjacent to an activating group) is 1. The minimum Gasteiger partial charge on any atom is -0.477 e. The first-order valence-corrected chi connectivity index (χ1v) is 22.5. The lowest BCUT2D eigenvalue weighted by molar-refractivity contribution is -0.887. The highest BCUT2D eigenvalue weighted by molar-refractivity contribution is 5.72. The molecule has 0 amide bonds. The van der Waals surface area contributed by atoms with Crippen LogP contribution in [-0.2, 0) is 28.6 Å². The van der Waals surface area contributed by atoms with Crippen LogP contribution in [0, 0.1) is 0 Å². The molecule has 0 radical (unpaired) electrons. The van der Waals surface area contributed by atoms with Crippen molar-refractivity contribution in [1.82, 2.24) is 0 Å². The highest BCUT2D eigenvalue weighted by Crippen LogP contribution is 2.15. The summed E-state index contributed by atoms with van der Waals surface area (Å²) in [6.07, 6.45) is 43.3. The lowest BCUT2D eigenvalue weighted by Crippen LogP contribution is -2.50. The topological polar surface area (TPSA) is 99.1 Å². The van der Waals surface area contributed by atoms with E-state index >= 15 is 0 Å². The summed E-state index contributed by atoms with van der Waals surface area (Å²) in [7, 11) is 5.52. The van der Waals surface area contributed by atoms with Gasteiger partial charge in [-0.3, -0.25) is 9.59 Å². The Morgan fingerprint density at radius 3 is 1.51 bits per heavy atom. The number of aliphatic carboxylic acids is 1. The second kappa shape index (κ2) is 38.4. The third-order valence-corrected chi connectivity index (χ3v) is 10.1. The monoisotopic (exact) mass is 777 g/mol. The van der Waals surface area contributed by atoms with Gasteiger partial charge in [0.2, 0.25) is 0 Å².